The van der Waals surface area contributed by atoms with Crippen molar-refractivity contribution in [1.29, 1.82) is 0 Å². The SMILES string of the molecule is C=C1C(=CC=C2CCC[C@]3(C)C(CC)=CC[C@@H]23)C[C@](O)(OCC(=O)OC2(C)CCCCCC2)C[C@@H]1O. The van der Waals surface area contributed by atoms with E-state index in [0.717, 1.165) is 50.5 Å². The summed E-state index contributed by atoms with van der Waals surface area (Å²) in [6.45, 7) is 10.4. The molecule has 2 N–H and O–H groups in total. The lowest BCUT2D eigenvalue weighted by Crippen LogP contribution is -2.44. The number of carbonyl (C=O) groups excluding carboxylic acids is 1. The van der Waals surface area contributed by atoms with Gasteiger partial charge in [0.2, 0.25) is 0 Å². The molecule has 4 aliphatic carbocycles. The van der Waals surface area contributed by atoms with Crippen LogP contribution in [0.25, 0.3) is 0 Å². The summed E-state index contributed by atoms with van der Waals surface area (Å²) in [7, 11) is 0. The molecule has 0 amide bonds. The average Bonchev–Trinajstić information content (AvgIpc) is 3.03. The van der Waals surface area contributed by atoms with Gasteiger partial charge in [-0.2, -0.15) is 0 Å². The zero-order chi connectivity index (χ0) is 26.0. The molecule has 5 nitrogen and oxygen atoms in total. The van der Waals surface area contributed by atoms with Crippen LogP contribution in [-0.4, -0.2) is 40.3 Å². The normalized spacial score (nSPS) is 36.9. The van der Waals surface area contributed by atoms with Gasteiger partial charge in [0.05, 0.1) is 6.10 Å². The summed E-state index contributed by atoms with van der Waals surface area (Å²) in [5.74, 6) is -1.56. The molecule has 0 aromatic heterocycles. The van der Waals surface area contributed by atoms with Crippen molar-refractivity contribution in [3.63, 3.8) is 0 Å². The largest absolute Gasteiger partial charge is 0.458 e. The van der Waals surface area contributed by atoms with E-state index in [2.05, 4.69) is 32.6 Å². The van der Waals surface area contributed by atoms with E-state index in [1.54, 1.807) is 5.57 Å². The van der Waals surface area contributed by atoms with Crippen molar-refractivity contribution in [2.75, 3.05) is 6.61 Å². The number of aliphatic hydroxyl groups is 2. The Morgan fingerprint density at radius 1 is 1.14 bits per heavy atom. The van der Waals surface area contributed by atoms with Crippen LogP contribution in [0.5, 0.6) is 0 Å². The maximum Gasteiger partial charge on any atom is 0.332 e. The van der Waals surface area contributed by atoms with E-state index < -0.39 is 23.5 Å². The van der Waals surface area contributed by atoms with Crippen LogP contribution in [-0.2, 0) is 14.3 Å². The minimum absolute atomic E-state index is 0.00519. The molecular weight excluding hydrogens is 452 g/mol. The van der Waals surface area contributed by atoms with Gasteiger partial charge in [0.15, 0.2) is 5.79 Å². The number of fused-ring (bicyclic) bond motifs is 1. The highest BCUT2D eigenvalue weighted by Gasteiger charge is 2.44. The maximum absolute atomic E-state index is 12.6. The Morgan fingerprint density at radius 3 is 2.56 bits per heavy atom. The highest BCUT2D eigenvalue weighted by atomic mass is 16.6. The van der Waals surface area contributed by atoms with Gasteiger partial charge in [0.1, 0.15) is 12.2 Å². The van der Waals surface area contributed by atoms with Gasteiger partial charge >= 0.3 is 5.97 Å². The Bertz CT molecular complexity index is 935. The molecule has 0 bridgehead atoms. The Balaban J connectivity index is 1.41. The molecule has 0 aliphatic heterocycles. The molecule has 3 fully saturated rings. The molecule has 0 saturated heterocycles. The molecule has 36 heavy (non-hydrogen) atoms. The van der Waals surface area contributed by atoms with Crippen LogP contribution in [0, 0.1) is 11.3 Å². The van der Waals surface area contributed by atoms with Crippen molar-refractivity contribution in [2.24, 2.45) is 11.3 Å². The topological polar surface area (TPSA) is 76.0 Å². The van der Waals surface area contributed by atoms with E-state index in [0.29, 0.717) is 11.5 Å². The number of hydrogen-bond donors (Lipinski definition) is 2. The molecule has 0 aromatic carbocycles. The number of allylic oxidation sites excluding steroid dienone is 5. The molecule has 0 aromatic rings. The van der Waals surface area contributed by atoms with Crippen LogP contribution >= 0.6 is 0 Å². The second-order valence-corrected chi connectivity index (χ2v) is 12.1. The molecular formula is C31H46O5. The molecule has 4 rings (SSSR count). The zero-order valence-electron chi connectivity index (χ0n) is 22.6. The van der Waals surface area contributed by atoms with Crippen molar-refractivity contribution < 1.29 is 24.5 Å². The maximum atomic E-state index is 12.6. The highest BCUT2D eigenvalue weighted by Crippen LogP contribution is 2.55. The number of carbonyl (C=O) groups is 1. The van der Waals surface area contributed by atoms with Crippen LogP contribution in [0.1, 0.15) is 104 Å². The van der Waals surface area contributed by atoms with Crippen molar-refractivity contribution in [3.8, 4) is 0 Å². The first-order valence-electron chi connectivity index (χ1n) is 14.1. The van der Waals surface area contributed by atoms with E-state index >= 15 is 0 Å². The van der Waals surface area contributed by atoms with Crippen LogP contribution in [0.4, 0.5) is 0 Å². The fraction of sp³-hybridized carbons (Fsp3) is 0.710. The van der Waals surface area contributed by atoms with Crippen LogP contribution in [0.15, 0.2) is 47.1 Å². The lowest BCUT2D eigenvalue weighted by Gasteiger charge is -2.41. The molecule has 3 saturated carbocycles. The average molecular weight is 499 g/mol. The summed E-state index contributed by atoms with van der Waals surface area (Å²) in [5, 5.41) is 21.8. The number of hydrogen-bond acceptors (Lipinski definition) is 5. The summed E-state index contributed by atoms with van der Waals surface area (Å²) in [6, 6.07) is 0. The quantitative estimate of drug-likeness (QED) is 0.190. The predicted molar refractivity (Wildman–Crippen MR) is 142 cm³/mol. The lowest BCUT2D eigenvalue weighted by atomic mass is 9.64. The van der Waals surface area contributed by atoms with Crippen molar-refractivity contribution in [1.82, 2.24) is 0 Å². The van der Waals surface area contributed by atoms with Gasteiger partial charge < -0.3 is 19.7 Å². The van der Waals surface area contributed by atoms with Gasteiger partial charge in [-0.3, -0.25) is 0 Å². The smallest absolute Gasteiger partial charge is 0.332 e. The van der Waals surface area contributed by atoms with Gasteiger partial charge in [-0.05, 0) is 87.2 Å². The van der Waals surface area contributed by atoms with E-state index in [1.165, 1.54) is 31.3 Å². The minimum Gasteiger partial charge on any atom is -0.458 e. The van der Waals surface area contributed by atoms with Crippen LogP contribution in [0.2, 0.25) is 0 Å². The second kappa shape index (κ2) is 11.0. The van der Waals surface area contributed by atoms with E-state index in [-0.39, 0.29) is 24.9 Å². The fourth-order valence-corrected chi connectivity index (χ4v) is 7.14. The first-order valence-corrected chi connectivity index (χ1v) is 14.1. The lowest BCUT2D eigenvalue weighted by molar-refractivity contribution is -0.229. The Labute approximate surface area is 217 Å². The minimum atomic E-state index is -1.63. The number of aliphatic hydroxyl groups excluding tert-OH is 1. The van der Waals surface area contributed by atoms with Crippen molar-refractivity contribution >= 4 is 5.97 Å². The highest BCUT2D eigenvalue weighted by molar-refractivity contribution is 5.71. The second-order valence-electron chi connectivity index (χ2n) is 12.1. The van der Waals surface area contributed by atoms with Crippen molar-refractivity contribution in [3.05, 3.63) is 47.1 Å². The Kier molecular flexibility index (Phi) is 8.33. The standard InChI is InChI=1S/C31H46O5/c1-5-25-14-15-26-23(11-10-18-30(25,26)4)12-13-24-19-31(34,20-27(32)22(24)2)35-21-28(33)36-29(3)16-8-6-7-9-17-29/h12-14,26-27,32,34H,2,5-11,15-21H2,1,3-4H3/t26-,27-,30+,31-/m0/s1. The van der Waals surface area contributed by atoms with E-state index in [9.17, 15) is 15.0 Å². The molecule has 200 valence electrons. The number of esters is 1. The monoisotopic (exact) mass is 498 g/mol. The van der Waals surface area contributed by atoms with Gasteiger partial charge in [0, 0.05) is 12.8 Å². The predicted octanol–water partition coefficient (Wildman–Crippen LogP) is 6.46. The van der Waals surface area contributed by atoms with Gasteiger partial charge in [0.25, 0.3) is 0 Å². The first-order chi connectivity index (χ1) is 17.1. The Morgan fingerprint density at radius 2 is 1.86 bits per heavy atom. The summed E-state index contributed by atoms with van der Waals surface area (Å²) in [6.07, 6.45) is 17.8. The molecule has 4 atom stereocenters. The van der Waals surface area contributed by atoms with E-state index in [4.69, 9.17) is 9.47 Å². The van der Waals surface area contributed by atoms with Gasteiger partial charge in [-0.25, -0.2) is 4.79 Å². The fourth-order valence-electron chi connectivity index (χ4n) is 7.14. The Hall–Kier alpha value is -1.69. The summed E-state index contributed by atoms with van der Waals surface area (Å²) < 4.78 is 11.5. The van der Waals surface area contributed by atoms with Crippen LogP contribution < -0.4 is 0 Å². The number of ether oxygens (including phenoxy) is 2. The molecule has 0 heterocycles. The summed E-state index contributed by atoms with van der Waals surface area (Å²) in [4.78, 5) is 12.6. The first kappa shape index (κ1) is 27.3. The van der Waals surface area contributed by atoms with Gasteiger partial charge in [-0.15, -0.1) is 0 Å². The van der Waals surface area contributed by atoms with Gasteiger partial charge in [-0.1, -0.05) is 62.6 Å². The number of rotatable bonds is 6. The summed E-state index contributed by atoms with van der Waals surface area (Å²) >= 11 is 0. The third-order valence-electron chi connectivity index (χ3n) is 9.37. The van der Waals surface area contributed by atoms with Crippen LogP contribution in [0.3, 0.4) is 0 Å². The molecule has 0 unspecified atom stereocenters. The third-order valence-corrected chi connectivity index (χ3v) is 9.37. The van der Waals surface area contributed by atoms with Crippen molar-refractivity contribution in [2.45, 2.75) is 122 Å². The van der Waals surface area contributed by atoms with E-state index in [1.807, 2.05) is 13.0 Å². The molecule has 0 radical (unpaired) electrons. The molecule has 5 heteroatoms. The zero-order valence-corrected chi connectivity index (χ0v) is 22.6. The third kappa shape index (κ3) is 5.89. The summed E-state index contributed by atoms with van der Waals surface area (Å²) in [5.41, 5.74) is 4.20. The molecule has 0 spiro atoms. The molecule has 4 aliphatic rings.